The highest BCUT2D eigenvalue weighted by molar-refractivity contribution is 5.79. The van der Waals surface area contributed by atoms with Crippen LogP contribution in [0.3, 0.4) is 0 Å². The maximum Gasteiger partial charge on any atom is 0.152 e. The van der Waals surface area contributed by atoms with Crippen molar-refractivity contribution in [2.75, 3.05) is 0 Å². The number of hydrogen-bond acceptors (Lipinski definition) is 4. The Kier molecular flexibility index (Phi) is 1.80. The molecule has 0 amide bonds. The van der Waals surface area contributed by atoms with Crippen LogP contribution in [0.25, 0.3) is 0 Å². The highest BCUT2D eigenvalue weighted by Crippen LogP contribution is 2.16. The lowest BCUT2D eigenvalue weighted by Crippen LogP contribution is -2.54. The fourth-order valence-corrected chi connectivity index (χ4v) is 0.806. The Morgan fingerprint density at radius 3 is 2.55 bits per heavy atom. The van der Waals surface area contributed by atoms with Crippen molar-refractivity contribution in [2.45, 2.75) is 11.7 Å². The van der Waals surface area contributed by atoms with Crippen molar-refractivity contribution in [3.05, 3.63) is 24.3 Å². The largest absolute Gasteiger partial charge is 0.547 e. The minimum Gasteiger partial charge on any atom is -0.547 e. The lowest BCUT2D eigenvalue weighted by molar-refractivity contribution is -0.324. The summed E-state index contributed by atoms with van der Waals surface area (Å²) < 4.78 is 0. The van der Waals surface area contributed by atoms with E-state index in [0.29, 0.717) is 0 Å². The van der Waals surface area contributed by atoms with Gasteiger partial charge in [-0.15, -0.1) is 0 Å². The third-order valence-electron chi connectivity index (χ3n) is 1.53. The van der Waals surface area contributed by atoms with Gasteiger partial charge in [-0.2, -0.15) is 0 Å². The van der Waals surface area contributed by atoms with Crippen molar-refractivity contribution >= 4 is 5.97 Å². The molecule has 11 heavy (non-hydrogen) atoms. The van der Waals surface area contributed by atoms with Gasteiger partial charge in [0, 0.05) is 0 Å². The van der Waals surface area contributed by atoms with Crippen molar-refractivity contribution in [2.24, 2.45) is 0 Å². The molecule has 1 aliphatic rings. The number of hydrogen-bond donors (Lipinski definition) is 2. The molecule has 1 aliphatic carbocycles. The maximum atomic E-state index is 10.3. The van der Waals surface area contributed by atoms with Gasteiger partial charge in [0.15, 0.2) is 5.60 Å². The van der Waals surface area contributed by atoms with E-state index >= 15 is 0 Å². The van der Waals surface area contributed by atoms with Gasteiger partial charge in [0.1, 0.15) is 6.10 Å². The number of carboxylic acid groups (broad SMARTS) is 1. The van der Waals surface area contributed by atoms with Crippen LogP contribution in [0.2, 0.25) is 0 Å². The molecule has 2 atom stereocenters. The third kappa shape index (κ3) is 1.18. The summed E-state index contributed by atoms with van der Waals surface area (Å²) in [6.45, 7) is 0. The van der Waals surface area contributed by atoms with Gasteiger partial charge in [-0.05, 0) is 6.08 Å². The second-order valence-corrected chi connectivity index (χ2v) is 2.30. The van der Waals surface area contributed by atoms with Crippen molar-refractivity contribution in [3.63, 3.8) is 0 Å². The van der Waals surface area contributed by atoms with Gasteiger partial charge in [-0.25, -0.2) is 0 Å². The molecule has 4 nitrogen and oxygen atoms in total. The second-order valence-electron chi connectivity index (χ2n) is 2.30. The SMILES string of the molecule is O=C([O-])C1(O)C=CC=CC1O. The molecule has 0 aromatic heterocycles. The first-order valence-electron chi connectivity index (χ1n) is 3.05. The summed E-state index contributed by atoms with van der Waals surface area (Å²) in [6.07, 6.45) is 3.51. The third-order valence-corrected chi connectivity index (χ3v) is 1.53. The summed E-state index contributed by atoms with van der Waals surface area (Å²) in [4.78, 5) is 10.3. The van der Waals surface area contributed by atoms with Crippen LogP contribution in [-0.2, 0) is 4.79 Å². The minimum atomic E-state index is -2.27. The van der Waals surface area contributed by atoms with Gasteiger partial charge in [0.25, 0.3) is 0 Å². The molecule has 0 spiro atoms. The Balaban J connectivity index is 2.94. The average molecular weight is 155 g/mol. The van der Waals surface area contributed by atoms with Crippen LogP contribution in [0.15, 0.2) is 24.3 Å². The van der Waals surface area contributed by atoms with E-state index in [1.54, 1.807) is 0 Å². The summed E-state index contributed by atoms with van der Waals surface area (Å²) in [5.74, 6) is -1.70. The van der Waals surface area contributed by atoms with Crippen LogP contribution in [0.1, 0.15) is 0 Å². The molecule has 0 saturated carbocycles. The van der Waals surface area contributed by atoms with E-state index < -0.39 is 17.7 Å². The molecule has 0 radical (unpaired) electrons. The van der Waals surface area contributed by atoms with E-state index in [2.05, 4.69) is 0 Å². The summed E-state index contributed by atoms with van der Waals surface area (Å²) in [5, 5.41) is 28.4. The predicted molar refractivity (Wildman–Crippen MR) is 34.2 cm³/mol. The first-order valence-corrected chi connectivity index (χ1v) is 3.05. The van der Waals surface area contributed by atoms with E-state index in [1.165, 1.54) is 18.2 Å². The van der Waals surface area contributed by atoms with Crippen molar-refractivity contribution in [1.82, 2.24) is 0 Å². The topological polar surface area (TPSA) is 80.6 Å². The van der Waals surface area contributed by atoms with Crippen LogP contribution in [0.5, 0.6) is 0 Å². The first kappa shape index (κ1) is 7.97. The molecule has 0 aromatic rings. The van der Waals surface area contributed by atoms with E-state index in [4.69, 9.17) is 10.2 Å². The van der Waals surface area contributed by atoms with Crippen molar-refractivity contribution < 1.29 is 20.1 Å². The molecule has 2 N–H and O–H groups in total. The Morgan fingerprint density at radius 1 is 1.55 bits per heavy atom. The monoisotopic (exact) mass is 155 g/mol. The Bertz CT molecular complexity index is 231. The number of aliphatic carboxylic acids is 1. The molecule has 0 heterocycles. The lowest BCUT2D eigenvalue weighted by Gasteiger charge is -2.30. The van der Waals surface area contributed by atoms with E-state index in [9.17, 15) is 9.90 Å². The van der Waals surface area contributed by atoms with Crippen LogP contribution >= 0.6 is 0 Å². The quantitative estimate of drug-likeness (QED) is 0.457. The fourth-order valence-electron chi connectivity index (χ4n) is 0.806. The number of carbonyl (C=O) groups is 1. The fraction of sp³-hybridized carbons (Fsp3) is 0.286. The predicted octanol–water partition coefficient (Wildman–Crippen LogP) is -2.05. The van der Waals surface area contributed by atoms with Crippen molar-refractivity contribution in [1.29, 1.82) is 0 Å². The minimum absolute atomic E-state index is 0.979. The zero-order valence-corrected chi connectivity index (χ0v) is 5.60. The molecule has 0 bridgehead atoms. The molecule has 2 unspecified atom stereocenters. The molecular weight excluding hydrogens is 148 g/mol. The second kappa shape index (κ2) is 2.48. The number of carbonyl (C=O) groups excluding carboxylic acids is 1. The van der Waals surface area contributed by atoms with Gasteiger partial charge in [0.2, 0.25) is 0 Å². The van der Waals surface area contributed by atoms with E-state index in [1.807, 2.05) is 0 Å². The summed E-state index contributed by atoms with van der Waals surface area (Å²) in [6, 6.07) is 0. The highest BCUT2D eigenvalue weighted by atomic mass is 16.4. The van der Waals surface area contributed by atoms with Gasteiger partial charge >= 0.3 is 0 Å². The van der Waals surface area contributed by atoms with Crippen LogP contribution in [0, 0.1) is 0 Å². The van der Waals surface area contributed by atoms with Gasteiger partial charge in [-0.1, -0.05) is 18.2 Å². The Hall–Kier alpha value is -1.13. The molecule has 1 rings (SSSR count). The van der Waals surface area contributed by atoms with Crippen LogP contribution < -0.4 is 5.11 Å². The number of aliphatic hydroxyl groups excluding tert-OH is 1. The zero-order valence-electron chi connectivity index (χ0n) is 5.60. The molecule has 0 aromatic carbocycles. The number of allylic oxidation sites excluding steroid dienone is 2. The smallest absolute Gasteiger partial charge is 0.152 e. The summed E-state index contributed by atoms with van der Waals surface area (Å²) in [5.41, 5.74) is -2.27. The van der Waals surface area contributed by atoms with Gasteiger partial charge in [0.05, 0.1) is 5.97 Å². The molecule has 0 saturated heterocycles. The Morgan fingerprint density at radius 2 is 2.18 bits per heavy atom. The number of aliphatic hydroxyl groups is 2. The molecule has 0 fully saturated rings. The van der Waals surface area contributed by atoms with E-state index in [0.717, 1.165) is 6.08 Å². The number of carboxylic acids is 1. The zero-order chi connectivity index (χ0) is 8.48. The van der Waals surface area contributed by atoms with Gasteiger partial charge < -0.3 is 20.1 Å². The lowest BCUT2D eigenvalue weighted by atomic mass is 9.93. The summed E-state index contributed by atoms with van der Waals surface area (Å²) >= 11 is 0. The summed E-state index contributed by atoms with van der Waals surface area (Å²) in [7, 11) is 0. The Labute approximate surface area is 63.1 Å². The standard InChI is InChI=1S/C7H8O4/c8-5-3-1-2-4-7(5,11)6(9)10/h1-5,8,11H,(H,9,10)/p-1. The van der Waals surface area contributed by atoms with E-state index in [-0.39, 0.29) is 0 Å². The van der Waals surface area contributed by atoms with Crippen LogP contribution in [0.4, 0.5) is 0 Å². The van der Waals surface area contributed by atoms with Crippen molar-refractivity contribution in [3.8, 4) is 0 Å². The normalized spacial score (nSPS) is 35.6. The molecule has 60 valence electrons. The molecule has 0 aliphatic heterocycles. The molecule has 4 heteroatoms. The average Bonchev–Trinajstić information content (AvgIpc) is 1.95. The van der Waals surface area contributed by atoms with Gasteiger partial charge in [-0.3, -0.25) is 0 Å². The maximum absolute atomic E-state index is 10.3. The van der Waals surface area contributed by atoms with Crippen LogP contribution in [-0.4, -0.2) is 27.9 Å². The first-order chi connectivity index (χ1) is 5.07. The molecular formula is C7H7O4-. The highest BCUT2D eigenvalue weighted by Gasteiger charge is 2.33. The number of rotatable bonds is 1.